The molecule has 1 unspecified atom stereocenters. The summed E-state index contributed by atoms with van der Waals surface area (Å²) in [6.07, 6.45) is -0.634. The van der Waals surface area contributed by atoms with Crippen LogP contribution in [0.4, 0.5) is 4.79 Å². The minimum absolute atomic E-state index is 0.0455. The monoisotopic (exact) mass is 297 g/mol. The molecule has 0 aromatic carbocycles. The lowest BCUT2D eigenvalue weighted by Crippen LogP contribution is -2.41. The van der Waals surface area contributed by atoms with Crippen LogP contribution in [-0.4, -0.2) is 57.6 Å². The van der Waals surface area contributed by atoms with Gasteiger partial charge in [0.05, 0.1) is 18.3 Å². The van der Waals surface area contributed by atoms with Gasteiger partial charge in [-0.1, -0.05) is 0 Å². The first kappa shape index (κ1) is 17.6. The number of aliphatic carboxylic acids is 1. The highest BCUT2D eigenvalue weighted by Crippen LogP contribution is 1.95. The molecule has 112 valence electrons. The van der Waals surface area contributed by atoms with E-state index in [1.54, 1.807) is 0 Å². The van der Waals surface area contributed by atoms with Crippen LogP contribution in [0.25, 0.3) is 0 Å². The third-order valence-electron chi connectivity index (χ3n) is 2.12. The SMILES string of the molecule is COC(CNC(=O)NCCCS(N)(=O)=O)CC(=O)O. The van der Waals surface area contributed by atoms with Crippen molar-refractivity contribution in [3.8, 4) is 0 Å². The molecular weight excluding hydrogens is 278 g/mol. The second-order valence-electron chi connectivity index (χ2n) is 3.81. The number of hydrogen-bond acceptors (Lipinski definition) is 5. The number of amides is 2. The molecule has 1 atom stereocenters. The molecule has 0 aliphatic rings. The van der Waals surface area contributed by atoms with E-state index in [0.717, 1.165) is 0 Å². The van der Waals surface area contributed by atoms with Gasteiger partial charge in [0.15, 0.2) is 0 Å². The average molecular weight is 297 g/mol. The molecule has 0 aliphatic heterocycles. The van der Waals surface area contributed by atoms with Gasteiger partial charge in [0.25, 0.3) is 0 Å². The number of urea groups is 1. The zero-order valence-corrected chi connectivity index (χ0v) is 11.4. The number of primary sulfonamides is 1. The van der Waals surface area contributed by atoms with E-state index in [2.05, 4.69) is 10.6 Å². The molecule has 0 heterocycles. The van der Waals surface area contributed by atoms with Gasteiger partial charge >= 0.3 is 12.0 Å². The van der Waals surface area contributed by atoms with E-state index in [0.29, 0.717) is 0 Å². The number of carbonyl (C=O) groups is 2. The molecule has 2 amide bonds. The quantitative estimate of drug-likeness (QED) is 0.379. The van der Waals surface area contributed by atoms with Crippen LogP contribution in [0.5, 0.6) is 0 Å². The van der Waals surface area contributed by atoms with Gasteiger partial charge in [-0.3, -0.25) is 4.79 Å². The Hall–Kier alpha value is -1.39. The fraction of sp³-hybridized carbons (Fsp3) is 0.778. The van der Waals surface area contributed by atoms with Crippen LogP contribution in [0.1, 0.15) is 12.8 Å². The minimum atomic E-state index is -3.52. The van der Waals surface area contributed by atoms with Crippen molar-refractivity contribution in [1.82, 2.24) is 10.6 Å². The van der Waals surface area contributed by atoms with Crippen molar-refractivity contribution in [1.29, 1.82) is 0 Å². The molecule has 9 nitrogen and oxygen atoms in total. The molecule has 0 spiro atoms. The Bertz CT molecular complexity index is 397. The molecule has 0 fully saturated rings. The van der Waals surface area contributed by atoms with E-state index < -0.39 is 28.1 Å². The number of carboxylic acid groups (broad SMARTS) is 1. The third kappa shape index (κ3) is 11.4. The summed E-state index contributed by atoms with van der Waals surface area (Å²) in [5, 5.41) is 18.2. The lowest BCUT2D eigenvalue weighted by molar-refractivity contribution is -0.139. The van der Waals surface area contributed by atoms with Gasteiger partial charge in [0, 0.05) is 20.2 Å². The van der Waals surface area contributed by atoms with Crippen LogP contribution in [-0.2, 0) is 19.6 Å². The van der Waals surface area contributed by atoms with E-state index in [4.69, 9.17) is 15.0 Å². The molecule has 0 saturated heterocycles. The van der Waals surface area contributed by atoms with Gasteiger partial charge in [0.1, 0.15) is 0 Å². The predicted molar refractivity (Wildman–Crippen MR) is 67.0 cm³/mol. The molecule has 10 heteroatoms. The summed E-state index contributed by atoms with van der Waals surface area (Å²) in [4.78, 5) is 21.7. The summed E-state index contributed by atoms with van der Waals surface area (Å²) >= 11 is 0. The molecular formula is C9H19N3O6S. The van der Waals surface area contributed by atoms with Crippen molar-refractivity contribution in [2.75, 3.05) is 26.0 Å². The maximum atomic E-state index is 11.3. The lowest BCUT2D eigenvalue weighted by atomic mass is 10.2. The molecule has 0 aromatic rings. The maximum absolute atomic E-state index is 11.3. The number of methoxy groups -OCH3 is 1. The molecule has 0 bridgehead atoms. The van der Waals surface area contributed by atoms with E-state index in [1.807, 2.05) is 0 Å². The van der Waals surface area contributed by atoms with Crippen LogP contribution in [0, 0.1) is 0 Å². The van der Waals surface area contributed by atoms with E-state index in [9.17, 15) is 18.0 Å². The van der Waals surface area contributed by atoms with E-state index >= 15 is 0 Å². The molecule has 0 aromatic heterocycles. The van der Waals surface area contributed by atoms with Crippen molar-refractivity contribution < 1.29 is 27.9 Å². The fourth-order valence-electron chi connectivity index (χ4n) is 1.18. The normalized spacial score (nSPS) is 12.7. The van der Waals surface area contributed by atoms with Crippen molar-refractivity contribution in [3.63, 3.8) is 0 Å². The zero-order chi connectivity index (χ0) is 14.9. The zero-order valence-electron chi connectivity index (χ0n) is 10.6. The number of carbonyl (C=O) groups excluding carboxylic acids is 1. The van der Waals surface area contributed by atoms with Crippen molar-refractivity contribution >= 4 is 22.0 Å². The molecule has 19 heavy (non-hydrogen) atoms. The Morgan fingerprint density at radius 3 is 2.47 bits per heavy atom. The highest BCUT2D eigenvalue weighted by atomic mass is 32.2. The number of hydrogen-bond donors (Lipinski definition) is 4. The Labute approximate surface area is 111 Å². The smallest absolute Gasteiger partial charge is 0.314 e. The van der Waals surface area contributed by atoms with E-state index in [-0.39, 0.29) is 31.7 Å². The summed E-state index contributed by atoms with van der Waals surface area (Å²) in [5.74, 6) is -1.24. The maximum Gasteiger partial charge on any atom is 0.314 e. The second kappa shape index (κ2) is 8.67. The highest BCUT2D eigenvalue weighted by molar-refractivity contribution is 7.89. The lowest BCUT2D eigenvalue weighted by Gasteiger charge is -2.14. The van der Waals surface area contributed by atoms with Crippen LogP contribution in [0.3, 0.4) is 0 Å². The summed E-state index contributed by atoms with van der Waals surface area (Å²) in [6, 6.07) is -0.526. The van der Waals surface area contributed by atoms with Gasteiger partial charge < -0.3 is 20.5 Å². The summed E-state index contributed by atoms with van der Waals surface area (Å²) in [7, 11) is -2.18. The van der Waals surface area contributed by atoms with Crippen LogP contribution >= 0.6 is 0 Å². The molecule has 0 radical (unpaired) electrons. The minimum Gasteiger partial charge on any atom is -0.481 e. The van der Waals surface area contributed by atoms with Gasteiger partial charge in [-0.2, -0.15) is 0 Å². The molecule has 0 saturated carbocycles. The van der Waals surface area contributed by atoms with Crippen molar-refractivity contribution in [3.05, 3.63) is 0 Å². The number of carboxylic acids is 1. The summed E-state index contributed by atoms with van der Waals surface area (Å²) in [5.41, 5.74) is 0. The van der Waals surface area contributed by atoms with Gasteiger partial charge in [-0.05, 0) is 6.42 Å². The summed E-state index contributed by atoms with van der Waals surface area (Å²) < 4.78 is 26.1. The van der Waals surface area contributed by atoms with E-state index in [1.165, 1.54) is 7.11 Å². The van der Waals surface area contributed by atoms with Gasteiger partial charge in [-0.15, -0.1) is 0 Å². The first-order chi connectivity index (χ1) is 8.74. The van der Waals surface area contributed by atoms with Crippen molar-refractivity contribution in [2.45, 2.75) is 18.9 Å². The average Bonchev–Trinajstić information content (AvgIpc) is 2.28. The Morgan fingerprint density at radius 2 is 2.00 bits per heavy atom. The van der Waals surface area contributed by atoms with Crippen LogP contribution < -0.4 is 15.8 Å². The first-order valence-corrected chi connectivity index (χ1v) is 7.23. The Balaban J connectivity index is 3.77. The number of rotatable bonds is 9. The van der Waals surface area contributed by atoms with Crippen LogP contribution in [0.15, 0.2) is 0 Å². The van der Waals surface area contributed by atoms with Gasteiger partial charge in [0.2, 0.25) is 10.0 Å². The Morgan fingerprint density at radius 1 is 1.37 bits per heavy atom. The van der Waals surface area contributed by atoms with Crippen LogP contribution in [0.2, 0.25) is 0 Å². The Kier molecular flexibility index (Phi) is 8.03. The largest absolute Gasteiger partial charge is 0.481 e. The standard InChI is InChI=1S/C9H19N3O6S/c1-18-7(5-8(13)14)6-12-9(15)11-3-2-4-19(10,16)17/h7H,2-6H2,1H3,(H,13,14)(H2,10,16,17)(H2,11,12,15). The van der Waals surface area contributed by atoms with Gasteiger partial charge in [-0.25, -0.2) is 18.4 Å². The topological polar surface area (TPSA) is 148 Å². The molecule has 0 rings (SSSR count). The third-order valence-corrected chi connectivity index (χ3v) is 2.97. The summed E-state index contributed by atoms with van der Waals surface area (Å²) in [6.45, 7) is 0.197. The molecule has 5 N–H and O–H groups in total. The number of nitrogens with one attached hydrogen (secondary N) is 2. The first-order valence-electron chi connectivity index (χ1n) is 5.51. The number of nitrogens with two attached hydrogens (primary N) is 1. The number of sulfonamides is 1. The molecule has 0 aliphatic carbocycles. The fourth-order valence-corrected chi connectivity index (χ4v) is 1.72. The van der Waals surface area contributed by atoms with Crippen molar-refractivity contribution in [2.24, 2.45) is 5.14 Å². The second-order valence-corrected chi connectivity index (χ2v) is 5.55. The predicted octanol–water partition coefficient (Wildman–Crippen LogP) is -1.55. The highest BCUT2D eigenvalue weighted by Gasteiger charge is 2.13. The number of ether oxygens (including phenoxy) is 1.